The molecule has 1 unspecified atom stereocenters. The molecule has 19 heavy (non-hydrogen) atoms. The van der Waals surface area contributed by atoms with Crippen LogP contribution in [0.2, 0.25) is 0 Å². The maximum atomic E-state index is 12.2. The molecule has 0 bridgehead atoms. The molecule has 1 atom stereocenters. The number of hydrogen-bond donors (Lipinski definition) is 1. The molecular formula is C13H12N2O4. The standard InChI is InChI=1S/C13H12N2O4/c16-10-5-6-11(17)15(13(10)19)14-7-8-3-1-2-4-9(8)12(14)18/h1-4,10,16H,5-7H2. The molecule has 1 N–H and O–H groups in total. The van der Waals surface area contributed by atoms with Crippen molar-refractivity contribution in [1.29, 1.82) is 0 Å². The van der Waals surface area contributed by atoms with E-state index in [2.05, 4.69) is 0 Å². The van der Waals surface area contributed by atoms with Gasteiger partial charge in [-0.2, -0.15) is 5.01 Å². The van der Waals surface area contributed by atoms with Crippen molar-refractivity contribution in [3.8, 4) is 0 Å². The molecule has 98 valence electrons. The number of hydrazine groups is 1. The van der Waals surface area contributed by atoms with Crippen LogP contribution in [-0.4, -0.2) is 38.9 Å². The van der Waals surface area contributed by atoms with Crippen molar-refractivity contribution in [3.05, 3.63) is 35.4 Å². The number of amides is 3. The molecule has 0 saturated carbocycles. The summed E-state index contributed by atoms with van der Waals surface area (Å²) in [5.74, 6) is -1.56. The highest BCUT2D eigenvalue weighted by atomic mass is 16.3. The molecule has 6 nitrogen and oxygen atoms in total. The lowest BCUT2D eigenvalue weighted by Gasteiger charge is -2.34. The molecule has 3 amide bonds. The first-order chi connectivity index (χ1) is 9.09. The van der Waals surface area contributed by atoms with Crippen molar-refractivity contribution >= 4 is 17.7 Å². The molecule has 1 aromatic rings. The van der Waals surface area contributed by atoms with Gasteiger partial charge in [0, 0.05) is 12.0 Å². The number of fused-ring (bicyclic) bond motifs is 1. The number of aliphatic hydroxyl groups is 1. The van der Waals surface area contributed by atoms with Gasteiger partial charge in [0.2, 0.25) is 5.91 Å². The monoisotopic (exact) mass is 260 g/mol. The molecule has 0 spiro atoms. The molecule has 1 aromatic carbocycles. The first kappa shape index (κ1) is 11.9. The van der Waals surface area contributed by atoms with Crippen LogP contribution < -0.4 is 0 Å². The van der Waals surface area contributed by atoms with E-state index in [-0.39, 0.29) is 25.3 Å². The van der Waals surface area contributed by atoms with Crippen LogP contribution in [0.25, 0.3) is 0 Å². The third-order valence-corrected chi connectivity index (χ3v) is 3.41. The Bertz CT molecular complexity index is 584. The number of benzene rings is 1. The smallest absolute Gasteiger partial charge is 0.277 e. The highest BCUT2D eigenvalue weighted by Crippen LogP contribution is 2.26. The van der Waals surface area contributed by atoms with E-state index in [9.17, 15) is 19.5 Å². The number of carbonyl (C=O) groups is 3. The highest BCUT2D eigenvalue weighted by molar-refractivity contribution is 6.05. The summed E-state index contributed by atoms with van der Waals surface area (Å²) in [6.07, 6.45) is -1.04. The Morgan fingerprint density at radius 3 is 2.63 bits per heavy atom. The van der Waals surface area contributed by atoms with E-state index in [1.54, 1.807) is 24.3 Å². The number of aliphatic hydroxyl groups excluding tert-OH is 1. The number of hydrogen-bond acceptors (Lipinski definition) is 4. The summed E-state index contributed by atoms with van der Waals surface area (Å²) in [6, 6.07) is 6.97. The van der Waals surface area contributed by atoms with Crippen LogP contribution >= 0.6 is 0 Å². The molecule has 3 rings (SSSR count). The van der Waals surface area contributed by atoms with Crippen LogP contribution in [0.15, 0.2) is 24.3 Å². The van der Waals surface area contributed by atoms with E-state index >= 15 is 0 Å². The first-order valence-electron chi connectivity index (χ1n) is 6.04. The third-order valence-electron chi connectivity index (χ3n) is 3.41. The van der Waals surface area contributed by atoms with Gasteiger partial charge in [0.1, 0.15) is 6.10 Å². The van der Waals surface area contributed by atoms with Crippen LogP contribution in [0, 0.1) is 0 Å². The van der Waals surface area contributed by atoms with Gasteiger partial charge in [-0.1, -0.05) is 18.2 Å². The quantitative estimate of drug-likeness (QED) is 0.725. The Hall–Kier alpha value is -2.21. The van der Waals surface area contributed by atoms with E-state index in [1.807, 2.05) is 0 Å². The maximum Gasteiger partial charge on any atom is 0.277 e. The van der Waals surface area contributed by atoms with Crippen LogP contribution in [0.4, 0.5) is 0 Å². The fraction of sp³-hybridized carbons (Fsp3) is 0.308. The summed E-state index contributed by atoms with van der Waals surface area (Å²) in [5, 5.41) is 11.4. The Morgan fingerprint density at radius 2 is 1.89 bits per heavy atom. The molecule has 0 aliphatic carbocycles. The Labute approximate surface area is 109 Å². The zero-order chi connectivity index (χ0) is 13.6. The number of nitrogens with zero attached hydrogens (tertiary/aromatic N) is 2. The summed E-state index contributed by atoms with van der Waals surface area (Å²) in [4.78, 5) is 35.9. The van der Waals surface area contributed by atoms with Crippen LogP contribution in [-0.2, 0) is 16.1 Å². The first-order valence-corrected chi connectivity index (χ1v) is 6.04. The number of imide groups is 1. The zero-order valence-corrected chi connectivity index (χ0v) is 10.1. The molecule has 2 heterocycles. The fourth-order valence-corrected chi connectivity index (χ4v) is 2.41. The highest BCUT2D eigenvalue weighted by Gasteiger charge is 2.42. The van der Waals surface area contributed by atoms with Crippen molar-refractivity contribution < 1.29 is 19.5 Å². The summed E-state index contributed by atoms with van der Waals surface area (Å²) in [5.41, 5.74) is 1.26. The normalized spacial score (nSPS) is 23.0. The minimum atomic E-state index is -1.21. The molecular weight excluding hydrogens is 248 g/mol. The topological polar surface area (TPSA) is 77.9 Å². The molecule has 1 saturated heterocycles. The van der Waals surface area contributed by atoms with E-state index in [1.165, 1.54) is 0 Å². The van der Waals surface area contributed by atoms with Gasteiger partial charge >= 0.3 is 0 Å². The van der Waals surface area contributed by atoms with Gasteiger partial charge in [-0.25, -0.2) is 5.01 Å². The predicted octanol–water partition coefficient (Wildman–Crippen LogP) is 0.0673. The van der Waals surface area contributed by atoms with Crippen molar-refractivity contribution in [2.45, 2.75) is 25.5 Å². The van der Waals surface area contributed by atoms with Gasteiger partial charge in [0.15, 0.2) is 0 Å². The minimum Gasteiger partial charge on any atom is -0.383 e. The number of carbonyl (C=O) groups excluding carboxylic acids is 3. The van der Waals surface area contributed by atoms with Crippen molar-refractivity contribution in [1.82, 2.24) is 10.0 Å². The second-order valence-corrected chi connectivity index (χ2v) is 4.62. The molecule has 6 heteroatoms. The summed E-state index contributed by atoms with van der Waals surface area (Å²) < 4.78 is 0. The Morgan fingerprint density at radius 1 is 1.16 bits per heavy atom. The lowest BCUT2D eigenvalue weighted by Crippen LogP contribution is -2.56. The maximum absolute atomic E-state index is 12.2. The second-order valence-electron chi connectivity index (χ2n) is 4.62. The van der Waals surface area contributed by atoms with Crippen molar-refractivity contribution in [2.24, 2.45) is 0 Å². The minimum absolute atomic E-state index is 0.0625. The van der Waals surface area contributed by atoms with Gasteiger partial charge in [-0.15, -0.1) is 0 Å². The van der Waals surface area contributed by atoms with E-state index in [0.717, 1.165) is 15.6 Å². The van der Waals surface area contributed by atoms with Crippen LogP contribution in [0.1, 0.15) is 28.8 Å². The zero-order valence-electron chi connectivity index (χ0n) is 10.1. The number of rotatable bonds is 1. The van der Waals surface area contributed by atoms with Crippen LogP contribution in [0.3, 0.4) is 0 Å². The Balaban J connectivity index is 1.94. The summed E-state index contributed by atoms with van der Waals surface area (Å²) in [7, 11) is 0. The van der Waals surface area contributed by atoms with Gasteiger partial charge in [-0.05, 0) is 18.1 Å². The third kappa shape index (κ3) is 1.72. The molecule has 0 radical (unpaired) electrons. The van der Waals surface area contributed by atoms with E-state index in [0.29, 0.717) is 5.56 Å². The van der Waals surface area contributed by atoms with E-state index in [4.69, 9.17) is 0 Å². The SMILES string of the molecule is O=C1c2ccccc2CN1N1C(=O)CCC(O)C1=O. The molecule has 0 aromatic heterocycles. The second kappa shape index (κ2) is 4.17. The van der Waals surface area contributed by atoms with Crippen molar-refractivity contribution in [3.63, 3.8) is 0 Å². The van der Waals surface area contributed by atoms with Crippen LogP contribution in [0.5, 0.6) is 0 Å². The summed E-state index contributed by atoms with van der Waals surface area (Å²) in [6.45, 7) is 0.180. The van der Waals surface area contributed by atoms with Gasteiger partial charge < -0.3 is 5.11 Å². The lowest BCUT2D eigenvalue weighted by molar-refractivity contribution is -0.171. The lowest BCUT2D eigenvalue weighted by atomic mass is 10.1. The molecule has 2 aliphatic rings. The predicted molar refractivity (Wildman–Crippen MR) is 63.4 cm³/mol. The van der Waals surface area contributed by atoms with Gasteiger partial charge in [0.05, 0.1) is 6.54 Å². The average molecular weight is 260 g/mol. The fourth-order valence-electron chi connectivity index (χ4n) is 2.41. The number of piperidine rings is 1. The van der Waals surface area contributed by atoms with Gasteiger partial charge in [0.25, 0.3) is 11.8 Å². The summed E-state index contributed by atoms with van der Waals surface area (Å²) >= 11 is 0. The van der Waals surface area contributed by atoms with E-state index < -0.39 is 17.9 Å². The molecule has 2 aliphatic heterocycles. The van der Waals surface area contributed by atoms with Crippen molar-refractivity contribution in [2.75, 3.05) is 0 Å². The Kier molecular flexibility index (Phi) is 2.60. The average Bonchev–Trinajstić information content (AvgIpc) is 2.73. The largest absolute Gasteiger partial charge is 0.383 e. The molecule has 1 fully saturated rings. The van der Waals surface area contributed by atoms with Gasteiger partial charge in [-0.3, -0.25) is 14.4 Å².